The van der Waals surface area contributed by atoms with Gasteiger partial charge in [0.25, 0.3) is 0 Å². The Morgan fingerprint density at radius 1 is 1.13 bits per heavy atom. The molecule has 120 valence electrons. The van der Waals surface area contributed by atoms with E-state index in [2.05, 4.69) is 0 Å². The van der Waals surface area contributed by atoms with Crippen molar-refractivity contribution in [1.29, 1.82) is 0 Å². The normalized spacial score (nSPS) is 11.9. The topological polar surface area (TPSA) is 54.4 Å². The number of aliphatic carboxylic acids is 1. The molecule has 0 saturated heterocycles. The van der Waals surface area contributed by atoms with Crippen molar-refractivity contribution in [1.82, 2.24) is 0 Å². The van der Waals surface area contributed by atoms with Crippen LogP contribution in [-0.2, 0) is 9.59 Å². The molecule has 0 heterocycles. The minimum Gasteiger partial charge on any atom is -0.481 e. The van der Waals surface area contributed by atoms with E-state index in [1.54, 1.807) is 0 Å². The lowest BCUT2D eigenvalue weighted by Gasteiger charge is -2.15. The molecule has 2 aromatic rings. The lowest BCUT2D eigenvalue weighted by molar-refractivity contribution is -0.137. The maximum absolute atomic E-state index is 11.4. The first kappa shape index (κ1) is 17.6. The van der Waals surface area contributed by atoms with Gasteiger partial charge in [-0.1, -0.05) is 65.8 Å². The van der Waals surface area contributed by atoms with Gasteiger partial charge in [0.1, 0.15) is 0 Å². The molecule has 0 bridgehead atoms. The lowest BCUT2D eigenvalue weighted by Crippen LogP contribution is -2.02. The fraction of sp³-hybridized carbons (Fsp3) is 0.222. The number of carboxylic acids is 1. The van der Waals surface area contributed by atoms with Gasteiger partial charge in [0.15, 0.2) is 5.12 Å². The predicted octanol–water partition coefficient (Wildman–Crippen LogP) is 5.19. The molecule has 2 aromatic carbocycles. The monoisotopic (exact) mass is 348 g/mol. The van der Waals surface area contributed by atoms with Gasteiger partial charge in [-0.2, -0.15) is 0 Å². The Balaban J connectivity index is 2.22. The number of hydrogen-bond donors (Lipinski definition) is 1. The molecule has 0 aliphatic carbocycles. The van der Waals surface area contributed by atoms with Crippen molar-refractivity contribution in [2.24, 2.45) is 0 Å². The number of hydrogen-bond acceptors (Lipinski definition) is 3. The van der Waals surface area contributed by atoms with Crippen LogP contribution >= 0.6 is 23.4 Å². The Morgan fingerprint density at radius 3 is 2.35 bits per heavy atom. The van der Waals surface area contributed by atoms with Gasteiger partial charge in [0.2, 0.25) is 0 Å². The highest BCUT2D eigenvalue weighted by atomic mass is 35.5. The van der Waals surface area contributed by atoms with Crippen LogP contribution in [0.5, 0.6) is 0 Å². The number of thioether (sulfide) groups is 1. The summed E-state index contributed by atoms with van der Waals surface area (Å²) in [5, 5.41) is 9.37. The van der Waals surface area contributed by atoms with Crippen LogP contribution in [0.2, 0.25) is 5.02 Å². The average molecular weight is 349 g/mol. The highest BCUT2D eigenvalue weighted by molar-refractivity contribution is 8.13. The first-order chi connectivity index (χ1) is 11.0. The number of carbonyl (C=O) groups is 2. The van der Waals surface area contributed by atoms with Crippen molar-refractivity contribution in [2.75, 3.05) is 0 Å². The molecule has 2 rings (SSSR count). The number of halogens is 1. The van der Waals surface area contributed by atoms with Crippen LogP contribution in [-0.4, -0.2) is 16.2 Å². The minimum absolute atomic E-state index is 0.0180. The van der Waals surface area contributed by atoms with Crippen LogP contribution in [0.3, 0.4) is 0 Å². The van der Waals surface area contributed by atoms with Crippen LogP contribution in [0.1, 0.15) is 30.6 Å². The summed E-state index contributed by atoms with van der Waals surface area (Å²) in [6.45, 7) is 1.50. The van der Waals surface area contributed by atoms with Gasteiger partial charge in [-0.25, -0.2) is 0 Å². The lowest BCUT2D eigenvalue weighted by atomic mass is 10.0. The highest BCUT2D eigenvalue weighted by Gasteiger charge is 2.16. The second-order valence-corrected chi connectivity index (χ2v) is 6.92. The van der Waals surface area contributed by atoms with E-state index >= 15 is 0 Å². The molecule has 0 aliphatic heterocycles. The van der Waals surface area contributed by atoms with Gasteiger partial charge >= 0.3 is 5.97 Å². The predicted molar refractivity (Wildman–Crippen MR) is 94.8 cm³/mol. The van der Waals surface area contributed by atoms with Gasteiger partial charge < -0.3 is 5.11 Å². The van der Waals surface area contributed by atoms with E-state index in [-0.39, 0.29) is 16.8 Å². The molecule has 1 unspecified atom stereocenters. The van der Waals surface area contributed by atoms with E-state index in [9.17, 15) is 9.59 Å². The van der Waals surface area contributed by atoms with E-state index in [0.29, 0.717) is 11.4 Å². The van der Waals surface area contributed by atoms with Crippen LogP contribution in [0.4, 0.5) is 0 Å². The second-order valence-electron chi connectivity index (χ2n) is 5.13. The maximum Gasteiger partial charge on any atom is 0.303 e. The number of rotatable bonds is 6. The van der Waals surface area contributed by atoms with Crippen LogP contribution < -0.4 is 0 Å². The summed E-state index contributed by atoms with van der Waals surface area (Å²) < 4.78 is 0. The van der Waals surface area contributed by atoms with Gasteiger partial charge in [0.05, 0.1) is 0 Å². The molecule has 0 amide bonds. The second kappa shape index (κ2) is 8.18. The zero-order valence-electron chi connectivity index (χ0n) is 12.7. The van der Waals surface area contributed by atoms with Crippen molar-refractivity contribution in [3.63, 3.8) is 0 Å². The van der Waals surface area contributed by atoms with E-state index in [1.807, 2.05) is 48.5 Å². The molecule has 0 saturated carbocycles. The molecule has 5 heteroatoms. The summed E-state index contributed by atoms with van der Waals surface area (Å²) in [6, 6.07) is 15.4. The minimum atomic E-state index is -0.855. The van der Waals surface area contributed by atoms with Gasteiger partial charge in [-0.3, -0.25) is 9.59 Å². The molecule has 0 fully saturated rings. The van der Waals surface area contributed by atoms with E-state index < -0.39 is 5.97 Å². The van der Waals surface area contributed by atoms with Crippen LogP contribution in [0.15, 0.2) is 48.5 Å². The Labute approximate surface area is 144 Å². The summed E-state index contributed by atoms with van der Waals surface area (Å²) >= 11 is 7.37. The zero-order valence-corrected chi connectivity index (χ0v) is 14.2. The first-order valence-electron chi connectivity index (χ1n) is 7.21. The van der Waals surface area contributed by atoms with Gasteiger partial charge in [-0.15, -0.1) is 0 Å². The number of benzene rings is 2. The van der Waals surface area contributed by atoms with Crippen molar-refractivity contribution >= 4 is 34.4 Å². The maximum atomic E-state index is 11.4. The van der Waals surface area contributed by atoms with Crippen molar-refractivity contribution in [2.45, 2.75) is 25.0 Å². The quantitative estimate of drug-likeness (QED) is 0.780. The Morgan fingerprint density at radius 2 is 1.78 bits per heavy atom. The van der Waals surface area contributed by atoms with Crippen molar-refractivity contribution in [3.05, 3.63) is 59.1 Å². The summed E-state index contributed by atoms with van der Waals surface area (Å²) in [5.74, 6) is -0.855. The zero-order chi connectivity index (χ0) is 16.8. The Kier molecular flexibility index (Phi) is 6.25. The van der Waals surface area contributed by atoms with E-state index in [1.165, 1.54) is 18.7 Å². The highest BCUT2D eigenvalue weighted by Crippen LogP contribution is 2.35. The standard InChI is InChI=1S/C18H17ClO3S/c1-12(20)23-17(10-11-18(21)22)14-8-6-13(7-9-14)15-4-2-3-5-16(15)19/h2-9,17H,10-11H2,1H3,(H,21,22). The number of carboxylic acid groups (broad SMARTS) is 1. The van der Waals surface area contributed by atoms with E-state index in [0.717, 1.165) is 16.7 Å². The Bertz CT molecular complexity index is 698. The molecule has 0 radical (unpaired) electrons. The molecular formula is C18H17ClO3S. The summed E-state index contributed by atoms with van der Waals surface area (Å²) in [5.41, 5.74) is 2.88. The molecule has 0 spiro atoms. The van der Waals surface area contributed by atoms with Gasteiger partial charge in [-0.05, 0) is 23.6 Å². The van der Waals surface area contributed by atoms with E-state index in [4.69, 9.17) is 16.7 Å². The first-order valence-corrected chi connectivity index (χ1v) is 8.47. The molecule has 23 heavy (non-hydrogen) atoms. The third kappa shape index (κ3) is 5.12. The molecule has 3 nitrogen and oxygen atoms in total. The third-order valence-electron chi connectivity index (χ3n) is 3.40. The molecule has 0 aromatic heterocycles. The molecule has 1 atom stereocenters. The van der Waals surface area contributed by atoms with Crippen molar-refractivity contribution < 1.29 is 14.7 Å². The van der Waals surface area contributed by atoms with Crippen LogP contribution in [0, 0.1) is 0 Å². The smallest absolute Gasteiger partial charge is 0.303 e. The molecule has 1 N–H and O–H groups in total. The third-order valence-corrected chi connectivity index (χ3v) is 4.85. The van der Waals surface area contributed by atoms with Crippen molar-refractivity contribution in [3.8, 4) is 11.1 Å². The number of carbonyl (C=O) groups excluding carboxylic acids is 1. The van der Waals surface area contributed by atoms with Gasteiger partial charge in [0, 0.05) is 29.2 Å². The molecule has 0 aliphatic rings. The SMILES string of the molecule is CC(=O)SC(CCC(=O)O)c1ccc(-c2ccccc2Cl)cc1. The fourth-order valence-electron chi connectivity index (χ4n) is 2.32. The van der Waals surface area contributed by atoms with Crippen LogP contribution in [0.25, 0.3) is 11.1 Å². The summed E-state index contributed by atoms with van der Waals surface area (Å²) in [6.07, 6.45) is 0.461. The summed E-state index contributed by atoms with van der Waals surface area (Å²) in [4.78, 5) is 22.2. The molecular weight excluding hydrogens is 332 g/mol. The average Bonchev–Trinajstić information content (AvgIpc) is 2.52. The Hall–Kier alpha value is -1.78. The largest absolute Gasteiger partial charge is 0.481 e. The fourth-order valence-corrected chi connectivity index (χ4v) is 3.50. The summed E-state index contributed by atoms with van der Waals surface area (Å²) in [7, 11) is 0.